The monoisotopic (exact) mass is 266 g/mol. The number of hydrogen-bond acceptors (Lipinski definition) is 3. The molecule has 1 aromatic rings. The Balaban J connectivity index is 2.92. The molecule has 0 radical (unpaired) electrons. The standard InChI is InChI=1S/C15H26N2S/c1-5-14(11-18-4)17(3)15-9-7-6-8-13(15)10-12(2)16/h6-9,12,14H,5,10-11,16H2,1-4H3. The summed E-state index contributed by atoms with van der Waals surface area (Å²) in [5, 5.41) is 0. The Kier molecular flexibility index (Phi) is 6.58. The van der Waals surface area contributed by atoms with Gasteiger partial charge >= 0.3 is 0 Å². The maximum absolute atomic E-state index is 5.94. The van der Waals surface area contributed by atoms with E-state index in [4.69, 9.17) is 5.73 Å². The van der Waals surface area contributed by atoms with Gasteiger partial charge in [0.2, 0.25) is 0 Å². The highest BCUT2D eigenvalue weighted by molar-refractivity contribution is 7.98. The van der Waals surface area contributed by atoms with Gasteiger partial charge < -0.3 is 10.6 Å². The summed E-state index contributed by atoms with van der Waals surface area (Å²) in [6.07, 6.45) is 4.28. The molecule has 0 aliphatic rings. The molecule has 0 saturated heterocycles. The maximum Gasteiger partial charge on any atom is 0.0399 e. The molecule has 0 aromatic heterocycles. The summed E-state index contributed by atoms with van der Waals surface area (Å²) in [6, 6.07) is 9.42. The van der Waals surface area contributed by atoms with Crippen LogP contribution in [-0.2, 0) is 6.42 Å². The molecular formula is C15H26N2S. The SMILES string of the molecule is CCC(CSC)N(C)c1ccccc1CC(C)N. The van der Waals surface area contributed by atoms with Gasteiger partial charge in [0, 0.05) is 30.6 Å². The van der Waals surface area contributed by atoms with Gasteiger partial charge in [0.05, 0.1) is 0 Å². The van der Waals surface area contributed by atoms with Crippen LogP contribution in [0.3, 0.4) is 0 Å². The molecule has 0 aliphatic carbocycles. The Morgan fingerprint density at radius 2 is 2.00 bits per heavy atom. The molecule has 0 aliphatic heterocycles. The van der Waals surface area contributed by atoms with Crippen molar-refractivity contribution in [3.63, 3.8) is 0 Å². The fourth-order valence-corrected chi connectivity index (χ4v) is 3.11. The number of anilines is 1. The van der Waals surface area contributed by atoms with Gasteiger partial charge in [-0.3, -0.25) is 0 Å². The van der Waals surface area contributed by atoms with Crippen LogP contribution in [0.2, 0.25) is 0 Å². The van der Waals surface area contributed by atoms with Gasteiger partial charge in [-0.15, -0.1) is 0 Å². The second-order valence-corrected chi connectivity index (χ2v) is 5.85. The molecule has 0 bridgehead atoms. The zero-order chi connectivity index (χ0) is 13.5. The lowest BCUT2D eigenvalue weighted by Crippen LogP contribution is -2.34. The molecule has 0 spiro atoms. The Hall–Kier alpha value is -0.670. The summed E-state index contributed by atoms with van der Waals surface area (Å²) in [4.78, 5) is 2.41. The first-order valence-electron chi connectivity index (χ1n) is 6.65. The molecule has 102 valence electrons. The van der Waals surface area contributed by atoms with E-state index in [0.29, 0.717) is 6.04 Å². The minimum atomic E-state index is 0.208. The molecule has 2 unspecified atom stereocenters. The first-order chi connectivity index (χ1) is 8.60. The van der Waals surface area contributed by atoms with Gasteiger partial charge in [-0.1, -0.05) is 25.1 Å². The second-order valence-electron chi connectivity index (χ2n) is 4.94. The van der Waals surface area contributed by atoms with E-state index >= 15 is 0 Å². The number of nitrogens with two attached hydrogens (primary N) is 1. The number of benzene rings is 1. The van der Waals surface area contributed by atoms with Crippen LogP contribution >= 0.6 is 11.8 Å². The smallest absolute Gasteiger partial charge is 0.0399 e. The van der Waals surface area contributed by atoms with Crippen molar-refractivity contribution in [1.29, 1.82) is 0 Å². The van der Waals surface area contributed by atoms with Gasteiger partial charge in [-0.25, -0.2) is 0 Å². The fraction of sp³-hybridized carbons (Fsp3) is 0.600. The van der Waals surface area contributed by atoms with Crippen LogP contribution in [0.5, 0.6) is 0 Å². The number of rotatable bonds is 7. The normalized spacial score (nSPS) is 14.3. The van der Waals surface area contributed by atoms with Crippen molar-refractivity contribution in [2.45, 2.75) is 38.8 Å². The lowest BCUT2D eigenvalue weighted by Gasteiger charge is -2.31. The van der Waals surface area contributed by atoms with Crippen LogP contribution in [0, 0.1) is 0 Å². The van der Waals surface area contributed by atoms with E-state index < -0.39 is 0 Å². The third kappa shape index (κ3) is 4.21. The Bertz CT molecular complexity index is 352. The second kappa shape index (κ2) is 7.70. The zero-order valence-corrected chi connectivity index (χ0v) is 12.8. The molecule has 0 heterocycles. The van der Waals surface area contributed by atoms with Crippen molar-refractivity contribution < 1.29 is 0 Å². The highest BCUT2D eigenvalue weighted by atomic mass is 32.2. The molecule has 2 N–H and O–H groups in total. The molecule has 2 atom stereocenters. The summed E-state index contributed by atoms with van der Waals surface area (Å²) in [5.41, 5.74) is 8.62. The molecule has 2 nitrogen and oxygen atoms in total. The molecule has 18 heavy (non-hydrogen) atoms. The van der Waals surface area contributed by atoms with Crippen LogP contribution in [0.15, 0.2) is 24.3 Å². The quantitative estimate of drug-likeness (QED) is 0.822. The van der Waals surface area contributed by atoms with Crippen molar-refractivity contribution in [2.24, 2.45) is 5.73 Å². The van der Waals surface area contributed by atoms with Crippen molar-refractivity contribution in [1.82, 2.24) is 0 Å². The molecule has 0 saturated carbocycles. The van der Waals surface area contributed by atoms with E-state index in [0.717, 1.165) is 6.42 Å². The lowest BCUT2D eigenvalue weighted by atomic mass is 10.0. The van der Waals surface area contributed by atoms with E-state index in [1.54, 1.807) is 0 Å². The van der Waals surface area contributed by atoms with Crippen LogP contribution in [0.1, 0.15) is 25.8 Å². The van der Waals surface area contributed by atoms with Crippen molar-refractivity contribution >= 4 is 17.4 Å². The molecule has 1 aromatic carbocycles. The average Bonchev–Trinajstić information content (AvgIpc) is 2.35. The lowest BCUT2D eigenvalue weighted by molar-refractivity contribution is 0.664. The van der Waals surface area contributed by atoms with E-state index in [9.17, 15) is 0 Å². The molecule has 3 heteroatoms. The van der Waals surface area contributed by atoms with Crippen molar-refractivity contribution in [2.75, 3.05) is 24.0 Å². The highest BCUT2D eigenvalue weighted by Crippen LogP contribution is 2.24. The number of nitrogens with zero attached hydrogens (tertiary/aromatic N) is 1. The van der Waals surface area contributed by atoms with Crippen LogP contribution in [-0.4, -0.2) is 31.1 Å². The third-order valence-corrected chi connectivity index (χ3v) is 4.01. The minimum Gasteiger partial charge on any atom is -0.371 e. The number of para-hydroxylation sites is 1. The van der Waals surface area contributed by atoms with Crippen LogP contribution in [0.4, 0.5) is 5.69 Å². The van der Waals surface area contributed by atoms with Gasteiger partial charge in [0.15, 0.2) is 0 Å². The van der Waals surface area contributed by atoms with E-state index in [1.165, 1.54) is 23.4 Å². The summed E-state index contributed by atoms with van der Waals surface area (Å²) in [5.74, 6) is 1.17. The third-order valence-electron chi connectivity index (χ3n) is 3.29. The Morgan fingerprint density at radius 1 is 1.33 bits per heavy atom. The van der Waals surface area contributed by atoms with E-state index in [1.807, 2.05) is 11.8 Å². The van der Waals surface area contributed by atoms with Gasteiger partial charge in [-0.2, -0.15) is 11.8 Å². The minimum absolute atomic E-state index is 0.208. The van der Waals surface area contributed by atoms with Crippen molar-refractivity contribution in [3.05, 3.63) is 29.8 Å². The number of thioether (sulfide) groups is 1. The Labute approximate surface area is 116 Å². The van der Waals surface area contributed by atoms with Gasteiger partial charge in [-0.05, 0) is 37.7 Å². The molecular weight excluding hydrogens is 240 g/mol. The average molecular weight is 266 g/mol. The topological polar surface area (TPSA) is 29.3 Å². The van der Waals surface area contributed by atoms with Crippen LogP contribution < -0.4 is 10.6 Å². The molecule has 0 fully saturated rings. The first kappa shape index (κ1) is 15.4. The largest absolute Gasteiger partial charge is 0.371 e. The summed E-state index contributed by atoms with van der Waals surface area (Å²) in [6.45, 7) is 4.32. The maximum atomic E-state index is 5.94. The highest BCUT2D eigenvalue weighted by Gasteiger charge is 2.15. The summed E-state index contributed by atoms with van der Waals surface area (Å²) in [7, 11) is 2.20. The van der Waals surface area contributed by atoms with Gasteiger partial charge in [0.1, 0.15) is 0 Å². The van der Waals surface area contributed by atoms with Gasteiger partial charge in [0.25, 0.3) is 0 Å². The molecule has 0 amide bonds. The number of hydrogen-bond donors (Lipinski definition) is 1. The van der Waals surface area contributed by atoms with Crippen molar-refractivity contribution in [3.8, 4) is 0 Å². The van der Waals surface area contributed by atoms with E-state index in [-0.39, 0.29) is 6.04 Å². The molecule has 1 rings (SSSR count). The summed E-state index contributed by atoms with van der Waals surface area (Å²) < 4.78 is 0. The summed E-state index contributed by atoms with van der Waals surface area (Å²) >= 11 is 1.91. The predicted octanol–water partition coefficient (Wildman–Crippen LogP) is 3.15. The Morgan fingerprint density at radius 3 is 2.56 bits per heavy atom. The fourth-order valence-electron chi connectivity index (χ4n) is 2.27. The predicted molar refractivity (Wildman–Crippen MR) is 84.7 cm³/mol. The van der Waals surface area contributed by atoms with E-state index in [2.05, 4.69) is 56.3 Å². The van der Waals surface area contributed by atoms with Crippen LogP contribution in [0.25, 0.3) is 0 Å². The zero-order valence-electron chi connectivity index (χ0n) is 12.0. The first-order valence-corrected chi connectivity index (χ1v) is 8.04.